The summed E-state index contributed by atoms with van der Waals surface area (Å²) < 4.78 is 0. The van der Waals surface area contributed by atoms with Crippen LogP contribution in [0.5, 0.6) is 0 Å². The average Bonchev–Trinajstić information content (AvgIpc) is 3.29. The zero-order valence-corrected chi connectivity index (χ0v) is 16.8. The first-order valence-electron chi connectivity index (χ1n) is 8.96. The molecule has 1 saturated heterocycles. The average molecular weight is 426 g/mol. The second-order valence-corrected chi connectivity index (χ2v) is 8.05. The van der Waals surface area contributed by atoms with Crippen molar-refractivity contribution in [2.75, 3.05) is 10.2 Å². The van der Waals surface area contributed by atoms with Gasteiger partial charge in [-0.15, -0.1) is 11.3 Å². The largest absolute Gasteiger partial charge is 0.298 e. The highest BCUT2D eigenvalue weighted by Gasteiger charge is 2.30. The van der Waals surface area contributed by atoms with Crippen LogP contribution in [0.25, 0.3) is 0 Å². The molecule has 0 saturated carbocycles. The highest BCUT2D eigenvalue weighted by atomic mass is 35.5. The molecule has 3 aromatic rings. The Hall–Kier alpha value is -3.03. The zero-order chi connectivity index (χ0) is 20.4. The van der Waals surface area contributed by atoms with Crippen LogP contribution in [0.4, 0.5) is 10.8 Å². The van der Waals surface area contributed by atoms with Gasteiger partial charge in [0.2, 0.25) is 11.8 Å². The van der Waals surface area contributed by atoms with Crippen LogP contribution >= 0.6 is 22.9 Å². The number of carbonyl (C=O) groups is 3. The van der Waals surface area contributed by atoms with E-state index in [1.807, 2.05) is 24.3 Å². The van der Waals surface area contributed by atoms with Gasteiger partial charge in [-0.05, 0) is 35.9 Å². The Balaban J connectivity index is 1.42. The third-order valence-electron chi connectivity index (χ3n) is 4.54. The monoisotopic (exact) mass is 425 g/mol. The lowest BCUT2D eigenvalue weighted by molar-refractivity contribution is -0.121. The van der Waals surface area contributed by atoms with Crippen molar-refractivity contribution >= 4 is 51.5 Å². The summed E-state index contributed by atoms with van der Waals surface area (Å²) in [6.45, 7) is 0. The molecule has 3 amide bonds. The first-order chi connectivity index (χ1) is 14.0. The van der Waals surface area contributed by atoms with E-state index in [9.17, 15) is 14.4 Å². The van der Waals surface area contributed by atoms with E-state index < -0.39 is 0 Å². The van der Waals surface area contributed by atoms with Crippen LogP contribution in [0.2, 0.25) is 5.02 Å². The van der Waals surface area contributed by atoms with Gasteiger partial charge >= 0.3 is 0 Å². The topological polar surface area (TPSA) is 79.4 Å². The maximum Gasteiger partial charge on any atom is 0.257 e. The summed E-state index contributed by atoms with van der Waals surface area (Å²) in [6, 6.07) is 14.0. The fraction of sp³-hybridized carbons (Fsp3) is 0.143. The number of rotatable bonds is 5. The predicted octanol–water partition coefficient (Wildman–Crippen LogP) is 4.29. The van der Waals surface area contributed by atoms with E-state index in [0.717, 1.165) is 15.3 Å². The molecule has 0 aliphatic carbocycles. The fourth-order valence-corrected chi connectivity index (χ4v) is 4.11. The molecule has 2 heterocycles. The minimum atomic E-state index is -0.311. The summed E-state index contributed by atoms with van der Waals surface area (Å²) in [5.41, 5.74) is 1.89. The van der Waals surface area contributed by atoms with E-state index in [1.165, 1.54) is 11.3 Å². The van der Waals surface area contributed by atoms with E-state index in [4.69, 9.17) is 11.6 Å². The highest BCUT2D eigenvalue weighted by molar-refractivity contribution is 7.15. The van der Waals surface area contributed by atoms with Gasteiger partial charge < -0.3 is 0 Å². The summed E-state index contributed by atoms with van der Waals surface area (Å²) >= 11 is 7.58. The Morgan fingerprint density at radius 1 is 1.07 bits per heavy atom. The predicted molar refractivity (Wildman–Crippen MR) is 112 cm³/mol. The molecule has 146 valence electrons. The molecule has 4 rings (SSSR count). The molecule has 0 radical (unpaired) electrons. The lowest BCUT2D eigenvalue weighted by Gasteiger charge is -2.13. The number of halogens is 1. The minimum Gasteiger partial charge on any atom is -0.298 e. The van der Waals surface area contributed by atoms with Crippen LogP contribution in [0, 0.1) is 0 Å². The van der Waals surface area contributed by atoms with Crippen molar-refractivity contribution in [2.24, 2.45) is 0 Å². The molecule has 8 heteroatoms. The number of amides is 3. The Kier molecular flexibility index (Phi) is 5.42. The number of hydrogen-bond donors (Lipinski definition) is 1. The summed E-state index contributed by atoms with van der Waals surface area (Å²) in [7, 11) is 0. The normalized spacial score (nSPS) is 13.8. The molecule has 0 spiro atoms. The quantitative estimate of drug-likeness (QED) is 0.618. The molecular weight excluding hydrogens is 410 g/mol. The standard InChI is InChI=1S/C21H16ClN3O3S/c22-17-4-2-1-3-14(17)11-16-12-23-21(29-16)24-20(28)13-5-7-15(8-6-13)25-18(26)9-10-19(25)27/h1-8,12H,9-11H2,(H,23,24,28). The van der Waals surface area contributed by atoms with Crippen molar-refractivity contribution in [3.63, 3.8) is 0 Å². The number of carbonyl (C=O) groups excluding carboxylic acids is 3. The second-order valence-electron chi connectivity index (χ2n) is 6.52. The number of aromatic nitrogens is 1. The van der Waals surface area contributed by atoms with E-state index in [-0.39, 0.29) is 30.6 Å². The van der Waals surface area contributed by atoms with Gasteiger partial charge in [-0.3, -0.25) is 24.6 Å². The maximum atomic E-state index is 12.5. The van der Waals surface area contributed by atoms with Crippen LogP contribution in [0.1, 0.15) is 33.6 Å². The molecule has 1 fully saturated rings. The highest BCUT2D eigenvalue weighted by Crippen LogP contribution is 2.26. The van der Waals surface area contributed by atoms with Gasteiger partial charge in [-0.1, -0.05) is 29.8 Å². The fourth-order valence-electron chi connectivity index (χ4n) is 3.07. The Bertz CT molecular complexity index is 1080. The summed E-state index contributed by atoms with van der Waals surface area (Å²) in [4.78, 5) is 42.5. The summed E-state index contributed by atoms with van der Waals surface area (Å²) in [6.07, 6.45) is 2.81. The number of nitrogens with one attached hydrogen (secondary N) is 1. The third kappa shape index (κ3) is 4.21. The molecule has 6 nitrogen and oxygen atoms in total. The van der Waals surface area contributed by atoms with Gasteiger partial charge in [0, 0.05) is 40.9 Å². The third-order valence-corrected chi connectivity index (χ3v) is 5.82. The van der Waals surface area contributed by atoms with Crippen molar-refractivity contribution < 1.29 is 14.4 Å². The van der Waals surface area contributed by atoms with Crippen LogP contribution in [0.15, 0.2) is 54.7 Å². The summed E-state index contributed by atoms with van der Waals surface area (Å²) in [5, 5.41) is 3.96. The van der Waals surface area contributed by atoms with Crippen molar-refractivity contribution in [1.29, 1.82) is 0 Å². The number of anilines is 2. The zero-order valence-electron chi connectivity index (χ0n) is 15.2. The Labute approximate surface area is 176 Å². The van der Waals surface area contributed by atoms with Gasteiger partial charge in [0.15, 0.2) is 5.13 Å². The summed E-state index contributed by atoms with van der Waals surface area (Å²) in [5.74, 6) is -0.753. The molecule has 2 aromatic carbocycles. The van der Waals surface area contributed by atoms with Crippen molar-refractivity contribution in [3.05, 3.63) is 75.8 Å². The van der Waals surface area contributed by atoms with E-state index in [2.05, 4.69) is 10.3 Å². The molecule has 0 bridgehead atoms. The first-order valence-corrected chi connectivity index (χ1v) is 10.2. The Morgan fingerprint density at radius 3 is 2.45 bits per heavy atom. The number of hydrogen-bond acceptors (Lipinski definition) is 5. The van der Waals surface area contributed by atoms with Gasteiger partial charge in [0.1, 0.15) is 0 Å². The lowest BCUT2D eigenvalue weighted by atomic mass is 10.1. The van der Waals surface area contributed by atoms with Gasteiger partial charge in [-0.2, -0.15) is 0 Å². The van der Waals surface area contributed by atoms with Crippen LogP contribution in [-0.4, -0.2) is 22.7 Å². The van der Waals surface area contributed by atoms with Crippen LogP contribution < -0.4 is 10.2 Å². The van der Waals surface area contributed by atoms with Gasteiger partial charge in [0.05, 0.1) is 5.69 Å². The van der Waals surface area contributed by atoms with E-state index >= 15 is 0 Å². The smallest absolute Gasteiger partial charge is 0.257 e. The van der Waals surface area contributed by atoms with Crippen molar-refractivity contribution in [3.8, 4) is 0 Å². The number of thiazole rings is 1. The number of imide groups is 1. The Morgan fingerprint density at radius 2 is 1.76 bits per heavy atom. The first kappa shape index (κ1) is 19.3. The number of nitrogens with zero attached hydrogens (tertiary/aromatic N) is 2. The maximum absolute atomic E-state index is 12.5. The molecule has 1 N–H and O–H groups in total. The van der Waals surface area contributed by atoms with Gasteiger partial charge in [0.25, 0.3) is 5.91 Å². The molecule has 0 unspecified atom stereocenters. The molecular formula is C21H16ClN3O3S. The van der Waals surface area contributed by atoms with E-state index in [1.54, 1.807) is 30.5 Å². The molecule has 29 heavy (non-hydrogen) atoms. The minimum absolute atomic E-state index is 0.221. The number of benzene rings is 2. The lowest BCUT2D eigenvalue weighted by Crippen LogP contribution is -2.28. The van der Waals surface area contributed by atoms with Crippen LogP contribution in [-0.2, 0) is 16.0 Å². The molecule has 1 aliphatic heterocycles. The van der Waals surface area contributed by atoms with Crippen molar-refractivity contribution in [1.82, 2.24) is 4.98 Å². The molecule has 0 atom stereocenters. The van der Waals surface area contributed by atoms with Gasteiger partial charge in [-0.25, -0.2) is 4.98 Å². The van der Waals surface area contributed by atoms with Crippen molar-refractivity contribution in [2.45, 2.75) is 19.3 Å². The second kappa shape index (κ2) is 8.14. The van der Waals surface area contributed by atoms with Crippen LogP contribution in [0.3, 0.4) is 0 Å². The molecule has 1 aliphatic rings. The molecule has 1 aromatic heterocycles. The van der Waals surface area contributed by atoms with E-state index in [0.29, 0.717) is 27.8 Å². The SMILES string of the molecule is O=C(Nc1ncc(Cc2ccccc2Cl)s1)c1ccc(N2C(=O)CCC2=O)cc1.